The molecule has 2 aliphatic rings. The number of fused-ring (bicyclic) bond motifs is 4. The molecule has 2 aromatic carbocycles. The van der Waals surface area contributed by atoms with Crippen LogP contribution in [0.5, 0.6) is 0 Å². The van der Waals surface area contributed by atoms with Gasteiger partial charge in [0.05, 0.1) is 47.2 Å². The zero-order chi connectivity index (χ0) is 49.6. The van der Waals surface area contributed by atoms with E-state index in [0.29, 0.717) is 55.5 Å². The standard InChI is InChI=1S/C24H23BrN6O.C17H14BrClN4O.C7H10N2.C3H8O2/c1-2-10-31-14-19-22(21-18-12-17(25)6-5-16(18)11-20(21)32)28-24(29-23(19)30-31)27-9-7-15-4-3-8-26-13-15;1-2-5-23-8-12-15(20-17(19)21-16(12)22-23)14-11-7-10(18)4-3-9(11)6-13(14)24;8-4-3-7-2-1-5-9-6-7;1-5-3-2-4/h3-6,8,12-14,21H,2,7,9-11H2,1H3,(H,27,29,30);3-4,7-8,14H,2,5-6H2,1H3;1-2,5-6H,3-4,8H2;4H,2-3H2,1H3. The van der Waals surface area contributed by atoms with E-state index in [9.17, 15) is 9.59 Å². The number of nitrogens with one attached hydrogen (secondary N) is 1. The van der Waals surface area contributed by atoms with Crippen molar-refractivity contribution in [2.24, 2.45) is 5.73 Å². The predicted octanol–water partition coefficient (Wildman–Crippen LogP) is 8.42. The molecule has 0 amide bonds. The van der Waals surface area contributed by atoms with Crippen molar-refractivity contribution in [1.82, 2.24) is 49.5 Å². The highest BCUT2D eigenvalue weighted by molar-refractivity contribution is 9.10. The maximum absolute atomic E-state index is 13.1. The van der Waals surface area contributed by atoms with Crippen LogP contribution in [0.25, 0.3) is 22.1 Å². The zero-order valence-corrected chi connectivity index (χ0v) is 43.2. The van der Waals surface area contributed by atoms with Gasteiger partial charge in [-0.1, -0.05) is 70.0 Å². The highest BCUT2D eigenvalue weighted by atomic mass is 79.9. The minimum atomic E-state index is -0.417. The number of carbonyl (C=O) groups excluding carboxylic acids is 2. The van der Waals surface area contributed by atoms with Gasteiger partial charge in [0.15, 0.2) is 22.9 Å². The number of nitrogens with zero attached hydrogens (tertiary/aromatic N) is 10. The van der Waals surface area contributed by atoms with E-state index in [-0.39, 0.29) is 23.5 Å². The topological polar surface area (TPSA) is 215 Å². The first-order chi connectivity index (χ1) is 34.0. The van der Waals surface area contributed by atoms with Crippen molar-refractivity contribution in [3.63, 3.8) is 0 Å². The number of hydrogen-bond acceptors (Lipinski definition) is 14. The minimum absolute atomic E-state index is 0.121. The Morgan fingerprint density at radius 2 is 1.29 bits per heavy atom. The molecule has 2 atom stereocenters. The normalized spacial score (nSPS) is 14.6. The molecule has 0 aliphatic heterocycles. The number of Topliss-reactive ketones (excluding diaryl/α,β-unsaturated/α-hetero) is 2. The van der Waals surface area contributed by atoms with Crippen molar-refractivity contribution in [3.8, 4) is 0 Å². The fraction of sp³-hybridized carbons (Fsp3) is 0.333. The van der Waals surface area contributed by atoms with Crippen molar-refractivity contribution in [3.05, 3.63) is 157 Å². The molecule has 0 spiro atoms. The molecule has 16 nitrogen and oxygen atoms in total. The molecule has 10 rings (SSSR count). The molecule has 4 N–H and O–H groups in total. The number of carbonyl (C=O) groups is 2. The van der Waals surface area contributed by atoms with Gasteiger partial charge in [0.1, 0.15) is 0 Å². The van der Waals surface area contributed by atoms with E-state index < -0.39 is 11.8 Å². The molecule has 0 saturated heterocycles. The smallest absolute Gasteiger partial charge is 0.225 e. The summed E-state index contributed by atoms with van der Waals surface area (Å²) in [4.78, 5) is 52.0. The molecular formula is C51H55Br2ClN12O4. The number of benzene rings is 2. The average Bonchev–Trinajstić information content (AvgIpc) is 4.12. The van der Waals surface area contributed by atoms with Crippen LogP contribution >= 0.6 is 43.5 Å². The maximum atomic E-state index is 13.1. The Balaban J connectivity index is 0.000000166. The second-order valence-electron chi connectivity index (χ2n) is 16.6. The Bertz CT molecular complexity index is 3030. The summed E-state index contributed by atoms with van der Waals surface area (Å²) in [5.41, 5.74) is 14.3. The van der Waals surface area contributed by atoms with E-state index in [2.05, 4.69) is 90.9 Å². The lowest BCUT2D eigenvalue weighted by Crippen LogP contribution is -2.14. The Morgan fingerprint density at radius 1 is 0.757 bits per heavy atom. The summed E-state index contributed by atoms with van der Waals surface area (Å²) in [6, 6.07) is 19.9. The molecule has 8 aromatic rings. The van der Waals surface area contributed by atoms with E-state index in [4.69, 9.17) is 27.4 Å². The Kier molecular flexibility index (Phi) is 18.8. The van der Waals surface area contributed by atoms with Gasteiger partial charge in [-0.3, -0.25) is 28.9 Å². The lowest BCUT2D eigenvalue weighted by Gasteiger charge is -2.13. The van der Waals surface area contributed by atoms with E-state index >= 15 is 0 Å². The quantitative estimate of drug-likeness (QED) is 0.0872. The number of ketones is 2. The van der Waals surface area contributed by atoms with Crippen molar-refractivity contribution in [2.45, 2.75) is 77.3 Å². The van der Waals surface area contributed by atoms with Gasteiger partial charge >= 0.3 is 0 Å². The van der Waals surface area contributed by atoms with Crippen LogP contribution in [0.2, 0.25) is 5.28 Å². The van der Waals surface area contributed by atoms with Crippen molar-refractivity contribution in [2.75, 3.05) is 38.7 Å². The largest absolute Gasteiger partial charge is 0.394 e. The van der Waals surface area contributed by atoms with Gasteiger partial charge in [0, 0.05) is 85.7 Å². The second kappa shape index (κ2) is 25.3. The molecule has 2 unspecified atom stereocenters. The molecular weight excluding hydrogens is 1040 g/mol. The van der Waals surface area contributed by atoms with Crippen LogP contribution < -0.4 is 11.1 Å². The molecule has 6 heterocycles. The Morgan fingerprint density at radius 3 is 1.76 bits per heavy atom. The molecule has 2 aliphatic carbocycles. The first-order valence-corrected chi connectivity index (χ1v) is 25.1. The first-order valence-electron chi connectivity index (χ1n) is 23.1. The van der Waals surface area contributed by atoms with Gasteiger partial charge in [0.25, 0.3) is 0 Å². The highest BCUT2D eigenvalue weighted by Crippen LogP contribution is 2.40. The van der Waals surface area contributed by atoms with Gasteiger partial charge in [-0.15, -0.1) is 0 Å². The van der Waals surface area contributed by atoms with E-state index in [1.165, 1.54) is 5.56 Å². The SMILES string of the molecule is CCCn1cc2c(C3C(=O)Cc4ccc(Br)cc43)nc(Cl)nc2n1.CCCn1cc2c(C3C(=O)Cc4ccc(Br)cc43)nc(NCCc3cccnc3)nc2n1.COCCO.NCCc1cccnc1. The van der Waals surface area contributed by atoms with Crippen LogP contribution in [0, 0.1) is 0 Å². The summed E-state index contributed by atoms with van der Waals surface area (Å²) < 4.78 is 10.1. The van der Waals surface area contributed by atoms with Crippen LogP contribution in [-0.2, 0) is 53.1 Å². The van der Waals surface area contributed by atoms with Gasteiger partial charge < -0.3 is 20.9 Å². The molecule has 6 aromatic heterocycles. The highest BCUT2D eigenvalue weighted by Gasteiger charge is 2.36. The third-order valence-electron chi connectivity index (χ3n) is 11.4. The summed E-state index contributed by atoms with van der Waals surface area (Å²) in [5, 5.41) is 22.1. The number of aliphatic hydroxyl groups is 1. The number of rotatable bonds is 14. The van der Waals surface area contributed by atoms with Gasteiger partial charge in [-0.25, -0.2) is 9.97 Å². The molecule has 0 radical (unpaired) electrons. The van der Waals surface area contributed by atoms with Crippen LogP contribution in [0.15, 0.2) is 107 Å². The fourth-order valence-corrected chi connectivity index (χ4v) is 9.24. The summed E-state index contributed by atoms with van der Waals surface area (Å²) >= 11 is 13.1. The molecule has 0 saturated carbocycles. The number of pyridine rings is 2. The maximum Gasteiger partial charge on any atom is 0.225 e. The fourth-order valence-electron chi connectivity index (χ4n) is 8.31. The molecule has 364 valence electrons. The average molecular weight is 1100 g/mol. The molecule has 0 bridgehead atoms. The number of anilines is 1. The van der Waals surface area contributed by atoms with E-state index in [1.807, 2.05) is 94.8 Å². The number of nitrogens with two attached hydrogens (primary N) is 1. The Hall–Kier alpha value is -5.89. The molecule has 0 fully saturated rings. The molecule has 19 heteroatoms. The second-order valence-corrected chi connectivity index (χ2v) is 18.7. The van der Waals surface area contributed by atoms with Gasteiger partial charge in [0.2, 0.25) is 11.2 Å². The minimum Gasteiger partial charge on any atom is -0.394 e. The zero-order valence-electron chi connectivity index (χ0n) is 39.2. The lowest BCUT2D eigenvalue weighted by molar-refractivity contribution is -0.119. The van der Waals surface area contributed by atoms with Crippen molar-refractivity contribution in [1.29, 1.82) is 0 Å². The number of ether oxygens (including phenoxy) is 1. The van der Waals surface area contributed by atoms with Crippen molar-refractivity contribution >= 4 is 83.0 Å². The summed E-state index contributed by atoms with van der Waals surface area (Å²) in [7, 11) is 1.55. The van der Waals surface area contributed by atoms with E-state index in [1.54, 1.807) is 19.5 Å². The van der Waals surface area contributed by atoms with Crippen LogP contribution in [0.1, 0.15) is 83.3 Å². The number of halogens is 3. The first kappa shape index (κ1) is 51.9. The lowest BCUT2D eigenvalue weighted by atomic mass is 9.95. The van der Waals surface area contributed by atoms with Gasteiger partial charge in [-0.05, 0) is 114 Å². The monoisotopic (exact) mass is 1090 g/mol. The third kappa shape index (κ3) is 13.1. The van der Waals surface area contributed by atoms with Crippen molar-refractivity contribution < 1.29 is 19.4 Å². The third-order valence-corrected chi connectivity index (χ3v) is 12.6. The van der Waals surface area contributed by atoms with Gasteiger partial charge in [-0.2, -0.15) is 20.2 Å². The van der Waals surface area contributed by atoms with E-state index in [0.717, 1.165) is 92.0 Å². The Labute approximate surface area is 428 Å². The summed E-state index contributed by atoms with van der Waals surface area (Å²) in [6.07, 6.45) is 15.6. The summed E-state index contributed by atoms with van der Waals surface area (Å²) in [6.45, 7) is 7.70. The number of hydrogen-bond donors (Lipinski definition) is 3. The molecule has 70 heavy (non-hydrogen) atoms. The number of methoxy groups -OCH3 is 1. The summed E-state index contributed by atoms with van der Waals surface area (Å²) in [5.74, 6) is -0.0506. The number of aryl methyl sites for hydroxylation is 2. The van der Waals surface area contributed by atoms with Crippen LogP contribution in [-0.4, -0.2) is 99.6 Å². The van der Waals surface area contributed by atoms with Crippen LogP contribution in [0.4, 0.5) is 5.95 Å². The number of aromatic nitrogens is 10. The predicted molar refractivity (Wildman–Crippen MR) is 278 cm³/mol. The number of aliphatic hydroxyl groups excluding tert-OH is 1. The van der Waals surface area contributed by atoms with Crippen LogP contribution in [0.3, 0.4) is 0 Å².